The van der Waals surface area contributed by atoms with Crippen molar-refractivity contribution in [3.05, 3.63) is 35.5 Å². The van der Waals surface area contributed by atoms with Gasteiger partial charge in [0.25, 0.3) is 9.84 Å². The molecule has 254 valence electrons. The van der Waals surface area contributed by atoms with E-state index in [4.69, 9.17) is 4.74 Å². The van der Waals surface area contributed by atoms with Crippen LogP contribution in [0, 0.1) is 17.0 Å². The second kappa shape index (κ2) is 15.0. The Bertz CT molecular complexity index is 1400. The van der Waals surface area contributed by atoms with E-state index in [1.165, 1.54) is 76.8 Å². The first-order valence-corrected chi connectivity index (χ1v) is 18.9. The van der Waals surface area contributed by atoms with Gasteiger partial charge in [-0.15, -0.1) is 0 Å². The van der Waals surface area contributed by atoms with E-state index >= 15 is 0 Å². The van der Waals surface area contributed by atoms with Gasteiger partial charge in [0.2, 0.25) is 5.91 Å². The number of piperazine rings is 1. The fourth-order valence-corrected chi connectivity index (χ4v) is 9.75. The van der Waals surface area contributed by atoms with Crippen LogP contribution in [0.4, 0.5) is 0 Å². The van der Waals surface area contributed by atoms with Gasteiger partial charge in [0.05, 0.1) is 10.1 Å². The van der Waals surface area contributed by atoms with Gasteiger partial charge >= 0.3 is 10.9 Å². The van der Waals surface area contributed by atoms with Crippen molar-refractivity contribution in [2.45, 2.75) is 86.7 Å². The Labute approximate surface area is 273 Å². The van der Waals surface area contributed by atoms with Crippen molar-refractivity contribution in [3.8, 4) is 5.88 Å². The van der Waals surface area contributed by atoms with Crippen molar-refractivity contribution in [3.63, 3.8) is 0 Å². The highest BCUT2D eigenvalue weighted by molar-refractivity contribution is 7.91. The van der Waals surface area contributed by atoms with Gasteiger partial charge in [-0.1, -0.05) is 31.5 Å². The molecule has 0 N–H and O–H groups in total. The molecule has 1 aromatic heterocycles. The van der Waals surface area contributed by atoms with Gasteiger partial charge in [0.1, 0.15) is 6.61 Å². The number of rotatable bonds is 13. The highest BCUT2D eigenvalue weighted by Gasteiger charge is 2.48. The monoisotopic (exact) mass is 658 g/mol. The van der Waals surface area contributed by atoms with Crippen LogP contribution in [0.2, 0.25) is 0 Å². The van der Waals surface area contributed by atoms with Crippen LogP contribution >= 0.6 is 0 Å². The van der Waals surface area contributed by atoms with E-state index in [1.807, 2.05) is 4.90 Å². The van der Waals surface area contributed by atoms with Crippen LogP contribution < -0.4 is 9.64 Å². The van der Waals surface area contributed by atoms with Crippen molar-refractivity contribution in [2.75, 3.05) is 65.5 Å². The summed E-state index contributed by atoms with van der Waals surface area (Å²) in [5.41, 5.74) is 0. The van der Waals surface area contributed by atoms with E-state index in [-0.39, 0.29) is 28.2 Å². The predicted molar refractivity (Wildman–Crippen MR) is 171 cm³/mol. The van der Waals surface area contributed by atoms with Crippen LogP contribution in [0.15, 0.2) is 44.9 Å². The molecule has 4 atom stereocenters. The van der Waals surface area contributed by atoms with Crippen molar-refractivity contribution in [1.82, 2.24) is 24.8 Å². The molecule has 4 aliphatic rings. The Morgan fingerprint density at radius 3 is 2.57 bits per heavy atom. The van der Waals surface area contributed by atoms with Crippen molar-refractivity contribution < 1.29 is 27.5 Å². The minimum absolute atomic E-state index is 0.0421. The van der Waals surface area contributed by atoms with Crippen LogP contribution in [-0.4, -0.2) is 117 Å². The molecule has 4 aliphatic heterocycles. The molecule has 1 amide bonds. The quantitative estimate of drug-likeness (QED) is 0.297. The maximum atomic E-state index is 13.2. The summed E-state index contributed by atoms with van der Waals surface area (Å²) in [7, 11) is -4.15. The van der Waals surface area contributed by atoms with Crippen LogP contribution in [0.5, 0.6) is 5.88 Å². The normalized spacial score (nSPS) is 26.2. The van der Waals surface area contributed by atoms with Gasteiger partial charge in [0.15, 0.2) is 0 Å². The summed E-state index contributed by atoms with van der Waals surface area (Å²) in [4.78, 5) is 22.8. The van der Waals surface area contributed by atoms with Gasteiger partial charge < -0.3 is 14.8 Å². The standard InChI is InChI=1S/C33H50N6O6S/c1-2-3-16-38-25-26-10-8-17-37-18-9-13-28(31(26)37)29(38)14-7-15-30(40)36-21-19-35(20-22-36)23-24-44-32-33(39(41)45-34-32)46(42,43)27-11-5-4-6-12-27/h4-6,11-12,26,28-29,31H,2-3,7-10,13-25H2,1H3. The zero-order chi connectivity index (χ0) is 32.1. The van der Waals surface area contributed by atoms with Gasteiger partial charge in [-0.2, -0.15) is 0 Å². The molecule has 0 saturated carbocycles. The number of carbonyl (C=O) groups excluding carboxylic acids is 1. The van der Waals surface area contributed by atoms with Crippen molar-refractivity contribution >= 4 is 15.7 Å². The fourth-order valence-electron chi connectivity index (χ4n) is 8.45. The van der Waals surface area contributed by atoms with E-state index in [2.05, 4.69) is 31.4 Å². The molecule has 12 nitrogen and oxygen atoms in total. The largest absolute Gasteiger partial charge is 0.453 e. The first-order chi connectivity index (χ1) is 22.4. The summed E-state index contributed by atoms with van der Waals surface area (Å²) >= 11 is 0. The van der Waals surface area contributed by atoms with Crippen LogP contribution in [-0.2, 0) is 14.6 Å². The third-order valence-electron chi connectivity index (χ3n) is 10.7. The van der Waals surface area contributed by atoms with E-state index in [0.29, 0.717) is 45.2 Å². The predicted octanol–water partition coefficient (Wildman–Crippen LogP) is 2.81. The van der Waals surface area contributed by atoms with Gasteiger partial charge in [0, 0.05) is 57.8 Å². The van der Waals surface area contributed by atoms with Crippen LogP contribution in [0.3, 0.4) is 0 Å². The zero-order valence-corrected chi connectivity index (χ0v) is 28.0. The summed E-state index contributed by atoms with van der Waals surface area (Å²) in [6.45, 7) is 10.6. The van der Waals surface area contributed by atoms with Crippen LogP contribution in [0.1, 0.15) is 64.7 Å². The lowest BCUT2D eigenvalue weighted by Crippen LogP contribution is -2.64. The number of amides is 1. The van der Waals surface area contributed by atoms with E-state index in [0.717, 1.165) is 30.7 Å². The Morgan fingerprint density at radius 1 is 1.04 bits per heavy atom. The summed E-state index contributed by atoms with van der Waals surface area (Å²) in [6.07, 6.45) is 10.5. The van der Waals surface area contributed by atoms with Gasteiger partial charge in [-0.05, 0) is 93.5 Å². The molecule has 4 fully saturated rings. The highest BCUT2D eigenvalue weighted by atomic mass is 32.2. The first-order valence-electron chi connectivity index (χ1n) is 17.4. The van der Waals surface area contributed by atoms with E-state index in [9.17, 15) is 18.4 Å². The lowest BCUT2D eigenvalue weighted by molar-refractivity contribution is -0.832. The molecule has 1 aromatic carbocycles. The Kier molecular flexibility index (Phi) is 10.8. The Morgan fingerprint density at radius 2 is 1.80 bits per heavy atom. The highest BCUT2D eigenvalue weighted by Crippen LogP contribution is 2.43. The molecular weight excluding hydrogens is 608 g/mol. The van der Waals surface area contributed by atoms with Crippen molar-refractivity contribution in [2.24, 2.45) is 11.8 Å². The minimum atomic E-state index is -4.15. The van der Waals surface area contributed by atoms with Gasteiger partial charge in [-0.25, -0.2) is 8.42 Å². The molecule has 13 heteroatoms. The number of carbonyl (C=O) groups is 1. The smallest absolute Gasteiger partial charge is 0.415 e. The molecule has 5 heterocycles. The molecule has 2 aromatic rings. The second-order valence-electron chi connectivity index (χ2n) is 13.5. The number of ether oxygens (including phenoxy) is 1. The number of benzene rings is 1. The molecule has 4 saturated heterocycles. The number of sulfone groups is 1. The SMILES string of the molecule is CCCCN1CC2CCCN3CCCC(C1CCCC(=O)N1CCN(CCOc4no[n+]([O-])c4S(=O)(=O)c4ccccc4)CC1)C23. The molecule has 0 spiro atoms. The number of unbranched alkanes of at least 4 members (excludes halogenated alkanes) is 1. The summed E-state index contributed by atoms with van der Waals surface area (Å²) < 4.78 is 36.1. The Hall–Kier alpha value is -2.74. The molecule has 0 radical (unpaired) electrons. The maximum absolute atomic E-state index is 13.2. The number of aromatic nitrogens is 2. The van der Waals surface area contributed by atoms with E-state index < -0.39 is 14.9 Å². The van der Waals surface area contributed by atoms with Crippen molar-refractivity contribution in [1.29, 1.82) is 0 Å². The molecule has 4 unspecified atom stereocenters. The molecule has 46 heavy (non-hydrogen) atoms. The summed E-state index contributed by atoms with van der Waals surface area (Å²) in [5.74, 6) is 1.46. The number of hydrogen-bond acceptors (Lipinski definition) is 10. The van der Waals surface area contributed by atoms with Gasteiger partial charge in [-0.3, -0.25) is 24.1 Å². The first kappa shape index (κ1) is 33.2. The summed E-state index contributed by atoms with van der Waals surface area (Å²) in [6, 6.07) is 9.00. The average molecular weight is 659 g/mol. The third kappa shape index (κ3) is 7.22. The molecule has 0 bridgehead atoms. The zero-order valence-electron chi connectivity index (χ0n) is 27.2. The fraction of sp³-hybridized carbons (Fsp3) is 0.727. The molecule has 0 aliphatic carbocycles. The Balaban J connectivity index is 0.953. The number of likely N-dealkylation sites (tertiary alicyclic amines) is 1. The molecular formula is C33H50N6O6S. The molecule has 6 rings (SSSR count). The number of nitrogens with zero attached hydrogens (tertiary/aromatic N) is 6. The number of hydrogen-bond donors (Lipinski definition) is 0. The summed E-state index contributed by atoms with van der Waals surface area (Å²) in [5, 5.41) is 15.0. The lowest BCUT2D eigenvalue weighted by Gasteiger charge is -2.57. The second-order valence-corrected chi connectivity index (χ2v) is 15.3. The maximum Gasteiger partial charge on any atom is 0.415 e. The average Bonchev–Trinajstić information content (AvgIpc) is 3.46. The minimum Gasteiger partial charge on any atom is -0.453 e. The van der Waals surface area contributed by atoms with E-state index in [1.54, 1.807) is 18.2 Å². The number of piperidine rings is 3. The van der Waals surface area contributed by atoms with Crippen LogP contribution in [0.25, 0.3) is 0 Å². The topological polar surface area (TPSA) is 126 Å². The lowest BCUT2D eigenvalue weighted by atomic mass is 9.69. The third-order valence-corrected chi connectivity index (χ3v) is 12.4.